The van der Waals surface area contributed by atoms with Crippen molar-refractivity contribution >= 4 is 5.97 Å². The van der Waals surface area contributed by atoms with E-state index in [-0.39, 0.29) is 5.97 Å². The highest BCUT2D eigenvalue weighted by atomic mass is 16.5. The predicted octanol–water partition coefficient (Wildman–Crippen LogP) is 2.91. The van der Waals surface area contributed by atoms with Crippen molar-refractivity contribution in [1.29, 1.82) is 0 Å². The molecule has 0 atom stereocenters. The summed E-state index contributed by atoms with van der Waals surface area (Å²) in [5, 5.41) is 0. The number of hydrogen-bond donors (Lipinski definition) is 0. The second-order valence-corrected chi connectivity index (χ2v) is 3.85. The third-order valence-corrected chi connectivity index (χ3v) is 2.77. The van der Waals surface area contributed by atoms with Crippen LogP contribution >= 0.6 is 0 Å². The van der Waals surface area contributed by atoms with Crippen LogP contribution in [-0.4, -0.2) is 12.6 Å². The van der Waals surface area contributed by atoms with Crippen molar-refractivity contribution < 1.29 is 9.53 Å². The molecular formula is C11H20O2. The molecule has 2 nitrogen and oxygen atoms in total. The topological polar surface area (TPSA) is 26.3 Å². The molecule has 0 bridgehead atoms. The highest BCUT2D eigenvalue weighted by Gasteiger charge is 2.16. The molecule has 0 aromatic carbocycles. The molecule has 1 aliphatic carbocycles. The molecule has 0 amide bonds. The summed E-state index contributed by atoms with van der Waals surface area (Å²) >= 11 is 0. The fourth-order valence-corrected chi connectivity index (χ4v) is 1.72. The van der Waals surface area contributed by atoms with Gasteiger partial charge in [0.15, 0.2) is 0 Å². The minimum Gasteiger partial charge on any atom is -0.466 e. The molecule has 76 valence electrons. The molecule has 0 N–H and O–H groups in total. The van der Waals surface area contributed by atoms with E-state index in [4.69, 9.17) is 4.74 Å². The van der Waals surface area contributed by atoms with Gasteiger partial charge in [-0.3, -0.25) is 4.79 Å². The van der Waals surface area contributed by atoms with Crippen molar-refractivity contribution in [2.45, 2.75) is 51.9 Å². The summed E-state index contributed by atoms with van der Waals surface area (Å²) in [7, 11) is 0. The highest BCUT2D eigenvalue weighted by molar-refractivity contribution is 5.69. The summed E-state index contributed by atoms with van der Waals surface area (Å²) < 4.78 is 4.85. The van der Waals surface area contributed by atoms with Gasteiger partial charge in [-0.15, -0.1) is 0 Å². The minimum absolute atomic E-state index is 0.0314. The lowest BCUT2D eigenvalue weighted by atomic mass is 9.82. The number of carbonyl (C=O) groups is 1. The Balaban J connectivity index is 1.85. The van der Waals surface area contributed by atoms with E-state index in [1.165, 1.54) is 32.1 Å². The van der Waals surface area contributed by atoms with Crippen LogP contribution in [0.25, 0.3) is 0 Å². The third-order valence-electron chi connectivity index (χ3n) is 2.77. The lowest BCUT2D eigenvalue weighted by Crippen LogP contribution is -2.10. The molecule has 1 rings (SSSR count). The number of unbranched alkanes of at least 4 members (excludes halogenated alkanes) is 1. The number of ether oxygens (including phenoxy) is 1. The standard InChI is InChI=1S/C11H20O2/c1-2-13-11(12)9-4-3-6-10-7-5-8-10/h10H,2-9H2,1H3. The molecule has 0 heterocycles. The lowest BCUT2D eigenvalue weighted by molar-refractivity contribution is -0.143. The van der Waals surface area contributed by atoms with Gasteiger partial charge in [-0.25, -0.2) is 0 Å². The second-order valence-electron chi connectivity index (χ2n) is 3.85. The first kappa shape index (κ1) is 10.6. The van der Waals surface area contributed by atoms with Crippen LogP contribution in [0, 0.1) is 5.92 Å². The monoisotopic (exact) mass is 184 g/mol. The predicted molar refractivity (Wildman–Crippen MR) is 52.4 cm³/mol. The van der Waals surface area contributed by atoms with Crippen molar-refractivity contribution in [2.75, 3.05) is 6.61 Å². The molecule has 0 radical (unpaired) electrons. The molecule has 0 aliphatic heterocycles. The fourth-order valence-electron chi connectivity index (χ4n) is 1.72. The van der Waals surface area contributed by atoms with E-state index in [1.54, 1.807) is 0 Å². The van der Waals surface area contributed by atoms with E-state index in [2.05, 4.69) is 0 Å². The first-order chi connectivity index (χ1) is 6.33. The van der Waals surface area contributed by atoms with Crippen LogP contribution < -0.4 is 0 Å². The summed E-state index contributed by atoms with van der Waals surface area (Å²) in [6.07, 6.45) is 8.39. The largest absolute Gasteiger partial charge is 0.466 e. The van der Waals surface area contributed by atoms with Crippen molar-refractivity contribution in [1.82, 2.24) is 0 Å². The maximum atomic E-state index is 10.9. The van der Waals surface area contributed by atoms with Crippen molar-refractivity contribution in [2.24, 2.45) is 5.92 Å². The average molecular weight is 184 g/mol. The summed E-state index contributed by atoms with van der Waals surface area (Å²) in [5.74, 6) is 0.943. The molecule has 1 fully saturated rings. The van der Waals surface area contributed by atoms with Gasteiger partial charge in [0, 0.05) is 6.42 Å². The van der Waals surface area contributed by atoms with Crippen LogP contribution in [-0.2, 0) is 9.53 Å². The van der Waals surface area contributed by atoms with Gasteiger partial charge in [0.05, 0.1) is 6.61 Å². The third kappa shape index (κ3) is 4.30. The van der Waals surface area contributed by atoms with Crippen LogP contribution in [0.15, 0.2) is 0 Å². The van der Waals surface area contributed by atoms with Gasteiger partial charge < -0.3 is 4.74 Å². The zero-order valence-electron chi connectivity index (χ0n) is 8.55. The number of carbonyl (C=O) groups excluding carboxylic acids is 1. The van der Waals surface area contributed by atoms with E-state index in [0.717, 1.165) is 12.3 Å². The van der Waals surface area contributed by atoms with E-state index < -0.39 is 0 Å². The Hall–Kier alpha value is -0.530. The Bertz CT molecular complexity index is 150. The zero-order valence-corrected chi connectivity index (χ0v) is 8.55. The summed E-state index contributed by atoms with van der Waals surface area (Å²) in [6, 6.07) is 0. The van der Waals surface area contributed by atoms with Crippen LogP contribution in [0.4, 0.5) is 0 Å². The molecule has 0 spiro atoms. The van der Waals surface area contributed by atoms with Gasteiger partial charge in [-0.05, 0) is 19.3 Å². The normalized spacial score (nSPS) is 16.7. The molecular weight excluding hydrogens is 164 g/mol. The van der Waals surface area contributed by atoms with E-state index in [0.29, 0.717) is 13.0 Å². The Labute approximate surface area is 80.7 Å². The van der Waals surface area contributed by atoms with Gasteiger partial charge in [0.1, 0.15) is 0 Å². The lowest BCUT2D eigenvalue weighted by Gasteiger charge is -2.24. The van der Waals surface area contributed by atoms with Crippen LogP contribution in [0.5, 0.6) is 0 Å². The maximum absolute atomic E-state index is 10.9. The summed E-state index contributed by atoms with van der Waals surface area (Å²) in [5.41, 5.74) is 0. The van der Waals surface area contributed by atoms with E-state index in [9.17, 15) is 4.79 Å². The van der Waals surface area contributed by atoms with Crippen molar-refractivity contribution in [3.63, 3.8) is 0 Å². The van der Waals surface area contributed by atoms with Crippen molar-refractivity contribution in [3.05, 3.63) is 0 Å². The molecule has 13 heavy (non-hydrogen) atoms. The maximum Gasteiger partial charge on any atom is 0.305 e. The Kier molecular flexibility index (Phi) is 4.87. The number of hydrogen-bond acceptors (Lipinski definition) is 2. The van der Waals surface area contributed by atoms with Crippen molar-refractivity contribution in [3.8, 4) is 0 Å². The molecule has 0 saturated heterocycles. The Morgan fingerprint density at radius 1 is 1.38 bits per heavy atom. The summed E-state index contributed by atoms with van der Waals surface area (Å²) in [4.78, 5) is 10.9. The van der Waals surface area contributed by atoms with Crippen LogP contribution in [0.2, 0.25) is 0 Å². The van der Waals surface area contributed by atoms with Gasteiger partial charge in [-0.2, -0.15) is 0 Å². The van der Waals surface area contributed by atoms with Gasteiger partial charge in [0.2, 0.25) is 0 Å². The quantitative estimate of drug-likeness (QED) is 0.468. The molecule has 0 unspecified atom stereocenters. The summed E-state index contributed by atoms with van der Waals surface area (Å²) in [6.45, 7) is 2.37. The SMILES string of the molecule is CCOC(=O)CCCCC1CCC1. The zero-order chi connectivity index (χ0) is 9.52. The van der Waals surface area contributed by atoms with E-state index in [1.807, 2.05) is 6.92 Å². The highest BCUT2D eigenvalue weighted by Crippen LogP contribution is 2.30. The average Bonchev–Trinajstić information content (AvgIpc) is 2.01. The van der Waals surface area contributed by atoms with Crippen LogP contribution in [0.3, 0.4) is 0 Å². The molecule has 2 heteroatoms. The van der Waals surface area contributed by atoms with Crippen LogP contribution in [0.1, 0.15) is 51.9 Å². The second kappa shape index (κ2) is 6.01. The Morgan fingerprint density at radius 3 is 2.69 bits per heavy atom. The molecule has 1 saturated carbocycles. The first-order valence-electron chi connectivity index (χ1n) is 5.48. The molecule has 0 aromatic heterocycles. The minimum atomic E-state index is -0.0314. The van der Waals surface area contributed by atoms with E-state index >= 15 is 0 Å². The molecule has 1 aliphatic rings. The van der Waals surface area contributed by atoms with Gasteiger partial charge in [-0.1, -0.05) is 32.1 Å². The smallest absolute Gasteiger partial charge is 0.305 e. The number of esters is 1. The van der Waals surface area contributed by atoms with Gasteiger partial charge >= 0.3 is 5.97 Å². The fraction of sp³-hybridized carbons (Fsp3) is 0.909. The number of rotatable bonds is 6. The first-order valence-corrected chi connectivity index (χ1v) is 5.48. The Morgan fingerprint density at radius 2 is 2.15 bits per heavy atom. The molecule has 0 aromatic rings. The van der Waals surface area contributed by atoms with Gasteiger partial charge in [0.25, 0.3) is 0 Å².